The number of hydrogen-bond acceptors (Lipinski definition) is 5. The van der Waals surface area contributed by atoms with Crippen molar-refractivity contribution in [1.29, 1.82) is 0 Å². The van der Waals surface area contributed by atoms with Gasteiger partial charge < -0.3 is 20.9 Å². The van der Waals surface area contributed by atoms with E-state index in [0.29, 0.717) is 16.2 Å². The van der Waals surface area contributed by atoms with Crippen LogP contribution in [0.5, 0.6) is 0 Å². The average Bonchev–Trinajstić information content (AvgIpc) is 3.28. The third-order valence-corrected chi connectivity index (χ3v) is 6.47. The fraction of sp³-hybridized carbons (Fsp3) is 0.200. The molecule has 4 N–H and O–H groups in total. The van der Waals surface area contributed by atoms with Gasteiger partial charge >= 0.3 is 6.18 Å². The van der Waals surface area contributed by atoms with Crippen molar-refractivity contribution in [2.24, 2.45) is 0 Å². The number of alkyl halides is 3. The average molecular weight is 561 g/mol. The van der Waals surface area contributed by atoms with Crippen LogP contribution in [0.15, 0.2) is 59.3 Å². The quantitative estimate of drug-likeness (QED) is 0.199. The highest BCUT2D eigenvalue weighted by atomic mass is 79.9. The van der Waals surface area contributed by atoms with Crippen LogP contribution >= 0.6 is 15.9 Å². The highest BCUT2D eigenvalue weighted by molar-refractivity contribution is 9.10. The third-order valence-electron chi connectivity index (χ3n) is 5.89. The van der Waals surface area contributed by atoms with Gasteiger partial charge in [-0.15, -0.1) is 0 Å². The molecule has 0 amide bonds. The largest absolute Gasteiger partial charge is 0.419 e. The topological polar surface area (TPSA) is 77.7 Å². The lowest BCUT2D eigenvalue weighted by atomic mass is 9.99. The summed E-state index contributed by atoms with van der Waals surface area (Å²) >= 11 is 3.36. The fourth-order valence-electron chi connectivity index (χ4n) is 4.10. The van der Waals surface area contributed by atoms with E-state index in [0.717, 1.165) is 53.8 Å². The molecule has 4 aromatic rings. The van der Waals surface area contributed by atoms with Crippen molar-refractivity contribution in [3.05, 3.63) is 81.8 Å². The monoisotopic (exact) mass is 560 g/mol. The Morgan fingerprint density at radius 3 is 2.75 bits per heavy atom. The molecule has 0 spiro atoms. The van der Waals surface area contributed by atoms with Gasteiger partial charge in [-0.3, -0.25) is 0 Å². The zero-order chi connectivity index (χ0) is 25.3. The van der Waals surface area contributed by atoms with E-state index in [1.807, 2.05) is 24.4 Å². The number of rotatable bonds is 6. The highest BCUT2D eigenvalue weighted by Crippen LogP contribution is 2.33. The normalized spacial score (nSPS) is 14.1. The van der Waals surface area contributed by atoms with Gasteiger partial charge in [-0.2, -0.15) is 18.2 Å². The van der Waals surface area contributed by atoms with Crippen LogP contribution in [0.3, 0.4) is 0 Å². The Balaban J connectivity index is 1.34. The van der Waals surface area contributed by atoms with Gasteiger partial charge in [0, 0.05) is 47.6 Å². The van der Waals surface area contributed by atoms with Crippen LogP contribution in [0.2, 0.25) is 0 Å². The maximum atomic E-state index is 13.6. The Morgan fingerprint density at radius 2 is 1.97 bits per heavy atom. The number of nitrogens with one attached hydrogen (secondary N) is 4. The summed E-state index contributed by atoms with van der Waals surface area (Å²) in [7, 11) is 0. The second-order valence-electron chi connectivity index (χ2n) is 8.33. The van der Waals surface area contributed by atoms with Gasteiger partial charge in [0.15, 0.2) is 0 Å². The molecule has 0 saturated carbocycles. The predicted octanol–water partition coefficient (Wildman–Crippen LogP) is 6.61. The molecule has 0 radical (unpaired) electrons. The first-order valence-corrected chi connectivity index (χ1v) is 12.0. The van der Waals surface area contributed by atoms with Crippen molar-refractivity contribution >= 4 is 49.9 Å². The number of aromatic nitrogens is 3. The lowest BCUT2D eigenvalue weighted by molar-refractivity contribution is -0.140. The number of H-pyrrole nitrogens is 1. The van der Waals surface area contributed by atoms with Gasteiger partial charge in [-0.1, -0.05) is 12.1 Å². The van der Waals surface area contributed by atoms with Gasteiger partial charge in [0.2, 0.25) is 5.95 Å². The van der Waals surface area contributed by atoms with Crippen LogP contribution in [-0.4, -0.2) is 28.0 Å². The van der Waals surface area contributed by atoms with Gasteiger partial charge in [0.25, 0.3) is 0 Å². The van der Waals surface area contributed by atoms with Crippen molar-refractivity contribution in [2.45, 2.75) is 19.1 Å². The van der Waals surface area contributed by atoms with Crippen LogP contribution in [0, 0.1) is 5.82 Å². The fourth-order valence-corrected chi connectivity index (χ4v) is 4.43. The zero-order valence-corrected chi connectivity index (χ0v) is 20.4. The zero-order valence-electron chi connectivity index (χ0n) is 18.8. The molecule has 0 aliphatic carbocycles. The van der Waals surface area contributed by atoms with Gasteiger partial charge in [-0.05, 0) is 70.4 Å². The molecule has 5 rings (SSSR count). The third kappa shape index (κ3) is 5.21. The van der Waals surface area contributed by atoms with E-state index < -0.39 is 17.6 Å². The smallest absolute Gasteiger partial charge is 0.365 e. The molecule has 2 aromatic carbocycles. The minimum absolute atomic E-state index is 0.0149. The maximum absolute atomic E-state index is 13.6. The second-order valence-corrected chi connectivity index (χ2v) is 9.18. The summed E-state index contributed by atoms with van der Waals surface area (Å²) in [4.78, 5) is 12.1. The molecule has 11 heteroatoms. The highest BCUT2D eigenvalue weighted by Gasteiger charge is 2.34. The second kappa shape index (κ2) is 9.90. The molecule has 0 bridgehead atoms. The van der Waals surface area contributed by atoms with Crippen LogP contribution in [0.25, 0.3) is 16.5 Å². The molecule has 6 nitrogen and oxygen atoms in total. The van der Waals surface area contributed by atoms with E-state index in [4.69, 9.17) is 0 Å². The molecule has 3 heterocycles. The SMILES string of the molecule is Fc1ccc(CNc2nc(Nc3ccc4[nH]cc(C5=CCNCC5)c4c3)ncc2Br)cc1C(F)(F)F. The summed E-state index contributed by atoms with van der Waals surface area (Å²) in [5.41, 5.74) is 3.22. The standard InChI is InChI=1S/C25H21BrF4N6/c26-20-13-34-24(36-23(20)33-11-14-1-3-21(27)19(9-14)25(28,29)30)35-16-2-4-22-17(10-16)18(12-32-22)15-5-7-31-8-6-15/h1-5,9-10,12-13,31-32H,6-8,11H2,(H2,33,34,35,36). The Kier molecular flexibility index (Phi) is 6.67. The van der Waals surface area contributed by atoms with Crippen LogP contribution in [0.1, 0.15) is 23.1 Å². The molecule has 36 heavy (non-hydrogen) atoms. The van der Waals surface area contributed by atoms with E-state index in [2.05, 4.69) is 52.9 Å². The number of aromatic amines is 1. The van der Waals surface area contributed by atoms with E-state index in [1.54, 1.807) is 6.20 Å². The van der Waals surface area contributed by atoms with Gasteiger partial charge in [0.1, 0.15) is 11.6 Å². The van der Waals surface area contributed by atoms with Crippen LogP contribution < -0.4 is 16.0 Å². The number of fused-ring (bicyclic) bond motifs is 1. The first-order chi connectivity index (χ1) is 17.3. The van der Waals surface area contributed by atoms with Gasteiger partial charge in [0.05, 0.1) is 10.0 Å². The molecule has 0 fully saturated rings. The Morgan fingerprint density at radius 1 is 1.11 bits per heavy atom. The molecule has 1 aliphatic heterocycles. The van der Waals surface area contributed by atoms with E-state index in [9.17, 15) is 17.6 Å². The molecular weight excluding hydrogens is 540 g/mol. The van der Waals surface area contributed by atoms with Crippen LogP contribution in [-0.2, 0) is 12.7 Å². The van der Waals surface area contributed by atoms with Crippen molar-refractivity contribution in [2.75, 3.05) is 23.7 Å². The van der Waals surface area contributed by atoms with Crippen molar-refractivity contribution in [3.8, 4) is 0 Å². The summed E-state index contributed by atoms with van der Waals surface area (Å²) in [6.45, 7) is 1.80. The summed E-state index contributed by atoms with van der Waals surface area (Å²) in [5.74, 6) is -0.609. The lowest BCUT2D eigenvalue weighted by Crippen LogP contribution is -2.19. The molecule has 2 aromatic heterocycles. The summed E-state index contributed by atoms with van der Waals surface area (Å²) in [5, 5.41) is 10.6. The van der Waals surface area contributed by atoms with Crippen molar-refractivity contribution < 1.29 is 17.6 Å². The van der Waals surface area contributed by atoms with Crippen molar-refractivity contribution in [1.82, 2.24) is 20.3 Å². The van der Waals surface area contributed by atoms with E-state index in [-0.39, 0.29) is 12.1 Å². The lowest BCUT2D eigenvalue weighted by Gasteiger charge is -2.14. The number of anilines is 3. The molecule has 1 aliphatic rings. The molecular formula is C25H21BrF4N6. The molecule has 0 saturated heterocycles. The minimum atomic E-state index is -4.77. The number of nitrogens with zero attached hydrogens (tertiary/aromatic N) is 2. The molecule has 0 atom stereocenters. The van der Waals surface area contributed by atoms with Crippen LogP contribution in [0.4, 0.5) is 35.0 Å². The number of benzene rings is 2. The summed E-state index contributed by atoms with van der Waals surface area (Å²) < 4.78 is 53.2. The minimum Gasteiger partial charge on any atom is -0.365 e. The van der Waals surface area contributed by atoms with Gasteiger partial charge in [-0.25, -0.2) is 9.37 Å². The predicted molar refractivity (Wildman–Crippen MR) is 136 cm³/mol. The molecule has 186 valence electrons. The number of hydrogen-bond donors (Lipinski definition) is 4. The Labute approximate surface area is 212 Å². The van der Waals surface area contributed by atoms with Crippen molar-refractivity contribution in [3.63, 3.8) is 0 Å². The summed E-state index contributed by atoms with van der Waals surface area (Å²) in [6, 6.07) is 8.82. The maximum Gasteiger partial charge on any atom is 0.419 e. The van der Waals surface area contributed by atoms with E-state index >= 15 is 0 Å². The first kappa shape index (κ1) is 24.3. The molecule has 0 unspecified atom stereocenters. The first-order valence-electron chi connectivity index (χ1n) is 11.2. The number of halogens is 5. The Bertz CT molecular complexity index is 1450. The Hall–Kier alpha value is -3.44. The van der Waals surface area contributed by atoms with E-state index in [1.165, 1.54) is 11.6 Å². The summed E-state index contributed by atoms with van der Waals surface area (Å²) in [6.07, 6.45) is 1.94.